The molecule has 222 valence electrons. The quantitative estimate of drug-likeness (QED) is 0.239. The molecular formula is C28H35Cl2F3N2O5. The molecule has 1 fully saturated rings. The number of nitrogens with zero attached hydrogens (tertiary/aromatic N) is 2. The molecule has 0 spiro atoms. The Balaban J connectivity index is 1.40. The average molecular weight is 607 g/mol. The Morgan fingerprint density at radius 3 is 2.35 bits per heavy atom. The van der Waals surface area contributed by atoms with Crippen LogP contribution in [0.2, 0.25) is 10.0 Å². The summed E-state index contributed by atoms with van der Waals surface area (Å²) in [7, 11) is 1.83. The van der Waals surface area contributed by atoms with E-state index >= 15 is 0 Å². The first kappa shape index (κ1) is 32.6. The highest BCUT2D eigenvalue weighted by molar-refractivity contribution is 6.42. The Labute approximate surface area is 243 Å². The van der Waals surface area contributed by atoms with Crippen LogP contribution in [0.3, 0.4) is 0 Å². The van der Waals surface area contributed by atoms with Gasteiger partial charge in [0.1, 0.15) is 0 Å². The van der Waals surface area contributed by atoms with Gasteiger partial charge in [-0.2, -0.15) is 0 Å². The van der Waals surface area contributed by atoms with Crippen molar-refractivity contribution in [2.24, 2.45) is 0 Å². The van der Waals surface area contributed by atoms with Crippen molar-refractivity contribution >= 4 is 29.1 Å². The van der Waals surface area contributed by atoms with Gasteiger partial charge in [-0.3, -0.25) is 14.4 Å². The van der Waals surface area contributed by atoms with Crippen LogP contribution in [0.25, 0.3) is 0 Å². The number of benzene rings is 2. The van der Waals surface area contributed by atoms with Gasteiger partial charge in [0, 0.05) is 26.7 Å². The third-order valence-corrected chi connectivity index (χ3v) is 7.23. The molecule has 0 saturated carbocycles. The smallest absolute Gasteiger partial charge is 0.377 e. The standard InChI is InChI=1S/C28H35Cl2F3N2O5/c1-34(27(36)18-21-7-8-24(29)25(30)17-21)26(22-5-3-2-4-6-22)20-35-10-9-23(19-35)39-15-13-37-11-12-38-14-16-40-28(31,32)33/h2-8,17,23,26H,9-16,18-20H2,1H3. The maximum absolute atomic E-state index is 13.2. The predicted molar refractivity (Wildman–Crippen MR) is 147 cm³/mol. The molecule has 2 aromatic rings. The molecule has 0 radical (unpaired) electrons. The summed E-state index contributed by atoms with van der Waals surface area (Å²) in [5.41, 5.74) is 1.86. The number of ether oxygens (including phenoxy) is 4. The van der Waals surface area contributed by atoms with Crippen molar-refractivity contribution < 1.29 is 36.9 Å². The summed E-state index contributed by atoms with van der Waals surface area (Å²) < 4.78 is 55.7. The molecule has 1 aliphatic heterocycles. The van der Waals surface area contributed by atoms with Gasteiger partial charge < -0.3 is 19.1 Å². The molecule has 0 aliphatic carbocycles. The molecule has 0 bridgehead atoms. The van der Waals surface area contributed by atoms with Gasteiger partial charge in [-0.05, 0) is 29.7 Å². The molecule has 0 aromatic heterocycles. The number of halogens is 5. The van der Waals surface area contributed by atoms with E-state index in [1.54, 1.807) is 17.0 Å². The largest absolute Gasteiger partial charge is 0.522 e. The second-order valence-corrected chi connectivity index (χ2v) is 10.2. The number of rotatable bonds is 16. The lowest BCUT2D eigenvalue weighted by Crippen LogP contribution is -2.39. The first-order chi connectivity index (χ1) is 19.1. The fraction of sp³-hybridized carbons (Fsp3) is 0.536. The number of alkyl halides is 3. The number of hydrogen-bond acceptors (Lipinski definition) is 6. The highest BCUT2D eigenvalue weighted by atomic mass is 35.5. The van der Waals surface area contributed by atoms with Crippen molar-refractivity contribution in [2.45, 2.75) is 31.3 Å². The van der Waals surface area contributed by atoms with E-state index < -0.39 is 13.0 Å². The van der Waals surface area contributed by atoms with E-state index in [2.05, 4.69) is 9.64 Å². The fourth-order valence-electron chi connectivity index (χ4n) is 4.40. The Morgan fingerprint density at radius 1 is 1.00 bits per heavy atom. The molecular weight excluding hydrogens is 572 g/mol. The fourth-order valence-corrected chi connectivity index (χ4v) is 4.73. The molecule has 1 heterocycles. The van der Waals surface area contributed by atoms with Crippen molar-refractivity contribution in [3.8, 4) is 0 Å². The molecule has 1 saturated heterocycles. The maximum atomic E-state index is 13.2. The van der Waals surface area contributed by atoms with Crippen LogP contribution in [0.5, 0.6) is 0 Å². The van der Waals surface area contributed by atoms with Gasteiger partial charge in [0.25, 0.3) is 0 Å². The summed E-state index contributed by atoms with van der Waals surface area (Å²) in [5.74, 6) is -0.0201. The number of carbonyl (C=O) groups is 1. The minimum Gasteiger partial charge on any atom is -0.377 e. The topological polar surface area (TPSA) is 60.5 Å². The van der Waals surface area contributed by atoms with Crippen LogP contribution in [0.15, 0.2) is 48.5 Å². The second kappa shape index (κ2) is 16.5. The van der Waals surface area contributed by atoms with Gasteiger partial charge in [0.2, 0.25) is 5.91 Å². The summed E-state index contributed by atoms with van der Waals surface area (Å²) in [5, 5.41) is 0.875. The molecule has 12 heteroatoms. The minimum absolute atomic E-state index is 0.0201. The van der Waals surface area contributed by atoms with Gasteiger partial charge in [-0.25, -0.2) is 0 Å². The monoisotopic (exact) mass is 606 g/mol. The molecule has 1 amide bonds. The van der Waals surface area contributed by atoms with Crippen LogP contribution in [-0.4, -0.2) is 94.5 Å². The number of likely N-dealkylation sites (tertiary alicyclic amines) is 1. The Bertz CT molecular complexity index is 1050. The van der Waals surface area contributed by atoms with Crippen molar-refractivity contribution in [3.05, 3.63) is 69.7 Å². The van der Waals surface area contributed by atoms with E-state index in [-0.39, 0.29) is 44.3 Å². The van der Waals surface area contributed by atoms with Gasteiger partial charge in [0.15, 0.2) is 0 Å². The Hall–Kier alpha value is -1.92. The lowest BCUT2D eigenvalue weighted by Gasteiger charge is -2.32. The van der Waals surface area contributed by atoms with Gasteiger partial charge in [0.05, 0.1) is 68.3 Å². The van der Waals surface area contributed by atoms with Crippen LogP contribution >= 0.6 is 23.2 Å². The van der Waals surface area contributed by atoms with E-state index in [4.69, 9.17) is 37.4 Å². The third kappa shape index (κ3) is 11.5. The van der Waals surface area contributed by atoms with E-state index in [0.29, 0.717) is 29.8 Å². The van der Waals surface area contributed by atoms with E-state index in [9.17, 15) is 18.0 Å². The summed E-state index contributed by atoms with van der Waals surface area (Å²) in [4.78, 5) is 17.3. The predicted octanol–water partition coefficient (Wildman–Crippen LogP) is 5.40. The number of likely N-dealkylation sites (N-methyl/N-ethyl adjacent to an activating group) is 1. The van der Waals surface area contributed by atoms with Crippen molar-refractivity contribution in [2.75, 3.05) is 66.3 Å². The lowest BCUT2D eigenvalue weighted by molar-refractivity contribution is -0.327. The number of hydrogen-bond donors (Lipinski definition) is 0. The minimum atomic E-state index is -4.64. The molecule has 0 N–H and O–H groups in total. The van der Waals surface area contributed by atoms with Crippen molar-refractivity contribution in [1.82, 2.24) is 9.80 Å². The summed E-state index contributed by atoms with van der Waals surface area (Å²) in [6.45, 7) is 2.74. The van der Waals surface area contributed by atoms with Crippen molar-refractivity contribution in [1.29, 1.82) is 0 Å². The molecule has 2 aromatic carbocycles. The lowest BCUT2D eigenvalue weighted by atomic mass is 10.0. The van der Waals surface area contributed by atoms with Gasteiger partial charge in [-0.15, -0.1) is 13.2 Å². The van der Waals surface area contributed by atoms with E-state index in [1.807, 2.05) is 43.4 Å². The summed E-state index contributed by atoms with van der Waals surface area (Å²) in [6, 6.07) is 15.0. The number of amides is 1. The van der Waals surface area contributed by atoms with Crippen LogP contribution in [0.4, 0.5) is 13.2 Å². The zero-order valence-electron chi connectivity index (χ0n) is 22.4. The Kier molecular flexibility index (Phi) is 13.4. The third-order valence-electron chi connectivity index (χ3n) is 6.49. The highest BCUT2D eigenvalue weighted by Crippen LogP contribution is 2.26. The second-order valence-electron chi connectivity index (χ2n) is 9.42. The van der Waals surface area contributed by atoms with Crippen LogP contribution < -0.4 is 0 Å². The summed E-state index contributed by atoms with van der Waals surface area (Å²) >= 11 is 12.2. The molecule has 2 atom stereocenters. The molecule has 2 unspecified atom stereocenters. The van der Waals surface area contributed by atoms with Gasteiger partial charge >= 0.3 is 6.36 Å². The maximum Gasteiger partial charge on any atom is 0.522 e. The van der Waals surface area contributed by atoms with Crippen LogP contribution in [0, 0.1) is 0 Å². The van der Waals surface area contributed by atoms with E-state index in [0.717, 1.165) is 30.6 Å². The molecule has 3 rings (SSSR count). The number of carbonyl (C=O) groups excluding carboxylic acids is 1. The molecule has 40 heavy (non-hydrogen) atoms. The normalized spacial score (nSPS) is 16.8. The van der Waals surface area contributed by atoms with E-state index in [1.165, 1.54) is 0 Å². The zero-order chi connectivity index (χ0) is 29.0. The van der Waals surface area contributed by atoms with Crippen molar-refractivity contribution in [3.63, 3.8) is 0 Å². The molecule has 1 aliphatic rings. The highest BCUT2D eigenvalue weighted by Gasteiger charge is 2.30. The Morgan fingerprint density at radius 2 is 1.68 bits per heavy atom. The molecule has 7 nitrogen and oxygen atoms in total. The van der Waals surface area contributed by atoms with Crippen LogP contribution in [-0.2, 0) is 30.2 Å². The zero-order valence-corrected chi connectivity index (χ0v) is 23.9. The first-order valence-corrected chi connectivity index (χ1v) is 13.8. The summed E-state index contributed by atoms with van der Waals surface area (Å²) in [6.07, 6.45) is -3.51. The average Bonchev–Trinajstić information content (AvgIpc) is 3.37. The van der Waals surface area contributed by atoms with Crippen LogP contribution in [0.1, 0.15) is 23.6 Å². The van der Waals surface area contributed by atoms with Gasteiger partial charge in [-0.1, -0.05) is 59.6 Å². The first-order valence-electron chi connectivity index (χ1n) is 13.1. The SMILES string of the molecule is CN(C(=O)Cc1ccc(Cl)c(Cl)c1)C(CN1CCC(OCCOCCOCCOC(F)(F)F)C1)c1ccccc1.